The van der Waals surface area contributed by atoms with Crippen molar-refractivity contribution in [2.75, 3.05) is 11.1 Å². The summed E-state index contributed by atoms with van der Waals surface area (Å²) in [6.07, 6.45) is -0.169. The number of hydrogen-bond acceptors (Lipinski definition) is 5. The first-order valence-corrected chi connectivity index (χ1v) is 11.1. The van der Waals surface area contributed by atoms with Crippen LogP contribution in [0.15, 0.2) is 30.3 Å². The van der Waals surface area contributed by atoms with Crippen LogP contribution >= 0.6 is 27.7 Å². The minimum atomic E-state index is -0.881. The molecule has 5 nitrogen and oxygen atoms in total. The van der Waals surface area contributed by atoms with Crippen LogP contribution in [0.25, 0.3) is 0 Å². The van der Waals surface area contributed by atoms with Gasteiger partial charge in [0, 0.05) is 17.4 Å². The number of thioether (sulfide) groups is 1. The van der Waals surface area contributed by atoms with Gasteiger partial charge in [0.1, 0.15) is 5.60 Å². The van der Waals surface area contributed by atoms with Gasteiger partial charge in [-0.2, -0.15) is 11.8 Å². The Balaban J connectivity index is 2.54. The molecule has 7 heteroatoms. The van der Waals surface area contributed by atoms with Crippen molar-refractivity contribution in [2.45, 2.75) is 51.5 Å². The predicted molar refractivity (Wildman–Crippen MR) is 113 cm³/mol. The second-order valence-electron chi connectivity index (χ2n) is 7.35. The minimum absolute atomic E-state index is 0.0673. The van der Waals surface area contributed by atoms with E-state index in [-0.39, 0.29) is 29.4 Å². The van der Waals surface area contributed by atoms with Crippen molar-refractivity contribution in [3.8, 4) is 0 Å². The Labute approximate surface area is 174 Å². The van der Waals surface area contributed by atoms with Gasteiger partial charge in [-0.3, -0.25) is 14.4 Å². The van der Waals surface area contributed by atoms with Gasteiger partial charge in [-0.25, -0.2) is 0 Å². The molecule has 0 spiro atoms. The second-order valence-corrected chi connectivity index (χ2v) is 8.94. The summed E-state index contributed by atoms with van der Waals surface area (Å²) in [5.74, 6) is 0.177. The van der Waals surface area contributed by atoms with Crippen molar-refractivity contribution in [2.24, 2.45) is 5.92 Å². The van der Waals surface area contributed by atoms with Crippen LogP contribution in [0, 0.1) is 5.92 Å². The minimum Gasteiger partial charge on any atom is -0.460 e. The Kier molecular flexibility index (Phi) is 10.1. The lowest BCUT2D eigenvalue weighted by atomic mass is 10.1. The summed E-state index contributed by atoms with van der Waals surface area (Å²) in [7, 11) is 0. The number of carbonyl (C=O) groups is 3. The average molecular weight is 458 g/mol. The second kappa shape index (κ2) is 11.5. The average Bonchev–Trinajstić information content (AvgIpc) is 2.59. The smallest absolute Gasteiger partial charge is 0.308 e. The van der Waals surface area contributed by atoms with Crippen LogP contribution in [-0.2, 0) is 24.9 Å². The highest BCUT2D eigenvalue weighted by Gasteiger charge is 2.27. The summed E-state index contributed by atoms with van der Waals surface area (Å²) in [5.41, 5.74) is 0.567. The fraction of sp³-hybridized carbons (Fsp3) is 0.550. The number of benzene rings is 1. The van der Waals surface area contributed by atoms with Crippen LogP contribution in [0.1, 0.15) is 39.7 Å². The maximum atomic E-state index is 12.4. The fourth-order valence-corrected chi connectivity index (χ4v) is 3.65. The lowest BCUT2D eigenvalue weighted by Crippen LogP contribution is -2.46. The first-order valence-electron chi connectivity index (χ1n) is 8.85. The molecule has 0 aliphatic rings. The highest BCUT2D eigenvalue weighted by atomic mass is 79.9. The molecule has 150 valence electrons. The van der Waals surface area contributed by atoms with Gasteiger partial charge in [0.2, 0.25) is 5.91 Å². The molecule has 0 aliphatic carbocycles. The van der Waals surface area contributed by atoms with Crippen molar-refractivity contribution < 1.29 is 19.1 Å². The highest BCUT2D eigenvalue weighted by molar-refractivity contribution is 9.09. The Morgan fingerprint density at radius 1 is 1.19 bits per heavy atom. The van der Waals surface area contributed by atoms with E-state index in [9.17, 15) is 14.4 Å². The third-order valence-corrected chi connectivity index (χ3v) is 5.38. The summed E-state index contributed by atoms with van der Waals surface area (Å²) < 4.78 is 5.26. The molecule has 2 unspecified atom stereocenters. The van der Waals surface area contributed by atoms with Gasteiger partial charge in [-0.1, -0.05) is 53.2 Å². The van der Waals surface area contributed by atoms with Crippen LogP contribution in [0.4, 0.5) is 0 Å². The van der Waals surface area contributed by atoms with E-state index in [2.05, 4.69) is 21.2 Å². The van der Waals surface area contributed by atoms with Gasteiger partial charge >= 0.3 is 5.97 Å². The number of rotatable bonds is 10. The standard InChI is InChI=1S/C20H28BrNO4S/c1-14(12-27-13-15-8-6-5-7-9-15)19(25)22-16(17(23)11-21)10-18(24)26-20(2,3)4/h5-9,14,16H,10-13H2,1-4H3,(H,22,25). The number of hydrogen-bond donors (Lipinski definition) is 1. The molecule has 0 saturated heterocycles. The van der Waals surface area contributed by atoms with E-state index in [0.29, 0.717) is 5.75 Å². The molecule has 0 bridgehead atoms. The van der Waals surface area contributed by atoms with Crippen molar-refractivity contribution in [1.29, 1.82) is 0 Å². The summed E-state index contributed by atoms with van der Waals surface area (Å²) in [6.45, 7) is 7.10. The van der Waals surface area contributed by atoms with E-state index in [1.807, 2.05) is 37.3 Å². The van der Waals surface area contributed by atoms with Crippen LogP contribution in [0.3, 0.4) is 0 Å². The van der Waals surface area contributed by atoms with Crippen LogP contribution in [-0.4, -0.2) is 40.4 Å². The van der Waals surface area contributed by atoms with Gasteiger partial charge in [-0.05, 0) is 26.3 Å². The van der Waals surface area contributed by atoms with E-state index in [1.165, 1.54) is 5.56 Å². The molecule has 27 heavy (non-hydrogen) atoms. The van der Waals surface area contributed by atoms with Gasteiger partial charge < -0.3 is 10.1 Å². The maximum Gasteiger partial charge on any atom is 0.308 e. The molecule has 1 rings (SSSR count). The summed E-state index contributed by atoms with van der Waals surface area (Å²) in [4.78, 5) is 36.6. The molecule has 2 atom stereocenters. The molecule has 1 aromatic carbocycles. The number of ether oxygens (including phenoxy) is 1. The zero-order chi connectivity index (χ0) is 20.4. The number of carbonyl (C=O) groups excluding carboxylic acids is 3. The first kappa shape index (κ1) is 23.7. The summed E-state index contributed by atoms with van der Waals surface area (Å²) in [5, 5.41) is 2.77. The van der Waals surface area contributed by atoms with Crippen molar-refractivity contribution >= 4 is 45.4 Å². The SMILES string of the molecule is CC(CSCc1ccccc1)C(=O)NC(CC(=O)OC(C)(C)C)C(=O)CBr. The van der Waals surface area contributed by atoms with Crippen molar-refractivity contribution in [1.82, 2.24) is 5.32 Å². The third-order valence-electron chi connectivity index (χ3n) is 3.55. The van der Waals surface area contributed by atoms with E-state index < -0.39 is 17.6 Å². The van der Waals surface area contributed by atoms with Crippen molar-refractivity contribution in [3.63, 3.8) is 0 Å². The molecule has 0 saturated carbocycles. The van der Waals surface area contributed by atoms with E-state index in [1.54, 1.807) is 32.5 Å². The summed E-state index contributed by atoms with van der Waals surface area (Å²) in [6, 6.07) is 9.15. The van der Waals surface area contributed by atoms with E-state index in [0.717, 1.165) is 5.75 Å². The van der Waals surface area contributed by atoms with Gasteiger partial charge in [-0.15, -0.1) is 0 Å². The van der Waals surface area contributed by atoms with Crippen LogP contribution < -0.4 is 5.32 Å². The number of esters is 1. The van der Waals surface area contributed by atoms with E-state index in [4.69, 9.17) is 4.74 Å². The number of alkyl halides is 1. The highest BCUT2D eigenvalue weighted by Crippen LogP contribution is 2.16. The monoisotopic (exact) mass is 457 g/mol. The third kappa shape index (κ3) is 9.96. The molecule has 1 amide bonds. The maximum absolute atomic E-state index is 12.4. The fourth-order valence-electron chi connectivity index (χ4n) is 2.21. The lowest BCUT2D eigenvalue weighted by Gasteiger charge is -2.23. The Morgan fingerprint density at radius 3 is 2.37 bits per heavy atom. The molecule has 0 aliphatic heterocycles. The number of halogens is 1. The Bertz CT molecular complexity index is 631. The molecule has 1 N–H and O–H groups in total. The lowest BCUT2D eigenvalue weighted by molar-refractivity contribution is -0.156. The van der Waals surface area contributed by atoms with E-state index >= 15 is 0 Å². The molecular formula is C20H28BrNO4S. The number of ketones is 1. The number of Topliss-reactive ketones (excluding diaryl/α,β-unsaturated/α-hetero) is 1. The molecular weight excluding hydrogens is 430 g/mol. The molecule has 0 aromatic heterocycles. The summed E-state index contributed by atoms with van der Waals surface area (Å²) >= 11 is 4.76. The van der Waals surface area contributed by atoms with Crippen LogP contribution in [0.5, 0.6) is 0 Å². The quantitative estimate of drug-likeness (QED) is 0.427. The molecule has 1 aromatic rings. The van der Waals surface area contributed by atoms with Crippen LogP contribution in [0.2, 0.25) is 0 Å². The first-order chi connectivity index (χ1) is 12.6. The zero-order valence-corrected chi connectivity index (χ0v) is 18.7. The van der Waals surface area contributed by atoms with Gasteiger partial charge in [0.25, 0.3) is 0 Å². The zero-order valence-electron chi connectivity index (χ0n) is 16.3. The Morgan fingerprint density at radius 2 is 1.81 bits per heavy atom. The topological polar surface area (TPSA) is 72.5 Å². The molecule has 0 radical (unpaired) electrons. The molecule has 0 fully saturated rings. The number of nitrogens with one attached hydrogen (secondary N) is 1. The normalized spacial score (nSPS) is 13.5. The molecule has 0 heterocycles. The predicted octanol–water partition coefficient (Wildman–Crippen LogP) is 3.74. The Hall–Kier alpha value is -1.34. The largest absolute Gasteiger partial charge is 0.460 e. The number of amides is 1. The van der Waals surface area contributed by atoms with Gasteiger partial charge in [0.15, 0.2) is 5.78 Å². The van der Waals surface area contributed by atoms with Crippen molar-refractivity contribution in [3.05, 3.63) is 35.9 Å². The van der Waals surface area contributed by atoms with Gasteiger partial charge in [0.05, 0.1) is 17.8 Å².